The molecule has 14 heavy (non-hydrogen) atoms. The Morgan fingerprint density at radius 2 is 2.07 bits per heavy atom. The minimum atomic E-state index is -0.515. The van der Waals surface area contributed by atoms with Crippen LogP contribution in [0.5, 0.6) is 0 Å². The zero-order chi connectivity index (χ0) is 10.1. The van der Waals surface area contributed by atoms with E-state index in [9.17, 15) is 5.11 Å². The van der Waals surface area contributed by atoms with Crippen molar-refractivity contribution >= 4 is 26.7 Å². The molecule has 1 N–H and O–H groups in total. The fourth-order valence-electron chi connectivity index (χ4n) is 1.36. The van der Waals surface area contributed by atoms with Gasteiger partial charge in [-0.2, -0.15) is 0 Å². The van der Waals surface area contributed by atoms with E-state index in [4.69, 9.17) is 0 Å². The molecule has 0 saturated carbocycles. The molecule has 1 aromatic heterocycles. The van der Waals surface area contributed by atoms with Crippen LogP contribution < -0.4 is 0 Å². The number of hydrogen-bond acceptors (Lipinski definition) is 2. The maximum Gasteiger partial charge on any atom is 0.0931 e. The Balaban J connectivity index is 2.63. The van der Waals surface area contributed by atoms with Crippen molar-refractivity contribution in [1.82, 2.24) is 4.98 Å². The van der Waals surface area contributed by atoms with Crippen LogP contribution in [0.2, 0.25) is 0 Å². The third kappa shape index (κ3) is 1.79. The van der Waals surface area contributed by atoms with Gasteiger partial charge in [0.05, 0.1) is 11.8 Å². The first kappa shape index (κ1) is 9.62. The maximum absolute atomic E-state index is 9.38. The lowest BCUT2D eigenvalue weighted by molar-refractivity contribution is 0.194. The number of nitrogens with zero attached hydrogens (tertiary/aromatic N) is 1. The maximum atomic E-state index is 9.38. The normalized spacial score (nSPS) is 13.1. The number of hydrogen-bond donors (Lipinski definition) is 1. The van der Waals surface area contributed by atoms with E-state index in [0.29, 0.717) is 5.69 Å². The van der Waals surface area contributed by atoms with Crippen molar-refractivity contribution in [2.75, 3.05) is 0 Å². The smallest absolute Gasteiger partial charge is 0.0931 e. The molecule has 3 heteroatoms. The van der Waals surface area contributed by atoms with Crippen LogP contribution in [0.1, 0.15) is 18.7 Å². The predicted octanol–water partition coefficient (Wildman–Crippen LogP) is 3.05. The highest BCUT2D eigenvalue weighted by Gasteiger charge is 2.03. The van der Waals surface area contributed by atoms with Crippen LogP contribution in [-0.4, -0.2) is 10.1 Å². The van der Waals surface area contributed by atoms with E-state index in [2.05, 4.69) is 20.9 Å². The van der Waals surface area contributed by atoms with Crippen LogP contribution >= 0.6 is 15.9 Å². The number of pyridine rings is 1. The van der Waals surface area contributed by atoms with Crippen molar-refractivity contribution in [3.05, 3.63) is 40.6 Å². The molecule has 0 unspecified atom stereocenters. The summed E-state index contributed by atoms with van der Waals surface area (Å²) in [6.07, 6.45) is 1.27. The van der Waals surface area contributed by atoms with Gasteiger partial charge in [0.15, 0.2) is 0 Å². The predicted molar refractivity (Wildman–Crippen MR) is 60.1 cm³/mol. The highest BCUT2D eigenvalue weighted by molar-refractivity contribution is 9.10. The van der Waals surface area contributed by atoms with Crippen LogP contribution in [0.3, 0.4) is 0 Å². The number of aliphatic hydroxyl groups is 1. The molecule has 0 spiro atoms. The third-order valence-corrected chi connectivity index (χ3v) is 2.63. The molecule has 0 radical (unpaired) electrons. The molecule has 1 heterocycles. The molecule has 0 bridgehead atoms. The average Bonchev–Trinajstić information content (AvgIpc) is 2.16. The minimum Gasteiger partial charge on any atom is -0.387 e. The molecule has 0 fully saturated rings. The van der Waals surface area contributed by atoms with E-state index >= 15 is 0 Å². The Morgan fingerprint density at radius 3 is 2.79 bits per heavy atom. The van der Waals surface area contributed by atoms with Gasteiger partial charge in [-0.3, -0.25) is 4.98 Å². The molecule has 2 nitrogen and oxygen atoms in total. The zero-order valence-electron chi connectivity index (χ0n) is 7.74. The summed E-state index contributed by atoms with van der Waals surface area (Å²) in [6, 6.07) is 7.90. The summed E-state index contributed by atoms with van der Waals surface area (Å²) in [5, 5.41) is 11.5. The summed E-state index contributed by atoms with van der Waals surface area (Å²) in [6.45, 7) is 1.71. The van der Waals surface area contributed by atoms with Gasteiger partial charge in [-0.15, -0.1) is 0 Å². The first-order valence-corrected chi connectivity index (χ1v) is 5.19. The van der Waals surface area contributed by atoms with Crippen LogP contribution in [-0.2, 0) is 0 Å². The highest BCUT2D eigenvalue weighted by Crippen LogP contribution is 2.21. The SMILES string of the molecule is C[C@H](O)c1cc2cc(Br)ccc2cn1. The van der Waals surface area contributed by atoms with Gasteiger partial charge in [0.1, 0.15) is 0 Å². The largest absolute Gasteiger partial charge is 0.387 e. The van der Waals surface area contributed by atoms with Crippen molar-refractivity contribution in [2.24, 2.45) is 0 Å². The first-order valence-electron chi connectivity index (χ1n) is 4.40. The summed E-state index contributed by atoms with van der Waals surface area (Å²) in [5.41, 5.74) is 0.704. The molecule has 1 aromatic carbocycles. The monoisotopic (exact) mass is 251 g/mol. The van der Waals surface area contributed by atoms with Gasteiger partial charge in [-0.05, 0) is 30.5 Å². The molecular formula is C11H10BrNO. The second kappa shape index (κ2) is 3.67. The Labute approximate surface area is 90.7 Å². The van der Waals surface area contributed by atoms with E-state index in [1.165, 1.54) is 0 Å². The van der Waals surface area contributed by atoms with Gasteiger partial charge < -0.3 is 5.11 Å². The molecule has 2 aromatic rings. The van der Waals surface area contributed by atoms with Gasteiger partial charge in [0, 0.05) is 16.1 Å². The lowest BCUT2D eigenvalue weighted by Crippen LogP contribution is -1.94. The molecule has 72 valence electrons. The first-order chi connectivity index (χ1) is 6.66. The number of fused-ring (bicyclic) bond motifs is 1. The number of halogens is 1. The summed E-state index contributed by atoms with van der Waals surface area (Å²) in [4.78, 5) is 4.17. The molecule has 2 rings (SSSR count). The van der Waals surface area contributed by atoms with E-state index in [1.807, 2.05) is 24.3 Å². The van der Waals surface area contributed by atoms with E-state index < -0.39 is 6.10 Å². The van der Waals surface area contributed by atoms with Crippen molar-refractivity contribution in [3.63, 3.8) is 0 Å². The van der Waals surface area contributed by atoms with Crippen molar-refractivity contribution < 1.29 is 5.11 Å². The minimum absolute atomic E-state index is 0.515. The fraction of sp³-hybridized carbons (Fsp3) is 0.182. The van der Waals surface area contributed by atoms with Crippen molar-refractivity contribution in [1.29, 1.82) is 0 Å². The molecule has 0 aliphatic rings. The lowest BCUT2D eigenvalue weighted by atomic mass is 10.1. The van der Waals surface area contributed by atoms with Crippen LogP contribution in [0.25, 0.3) is 10.8 Å². The van der Waals surface area contributed by atoms with Crippen LogP contribution in [0, 0.1) is 0 Å². The Morgan fingerprint density at radius 1 is 1.29 bits per heavy atom. The van der Waals surface area contributed by atoms with Gasteiger partial charge >= 0.3 is 0 Å². The van der Waals surface area contributed by atoms with E-state index in [1.54, 1.807) is 13.1 Å². The Kier molecular flexibility index (Phi) is 2.52. The van der Waals surface area contributed by atoms with E-state index in [-0.39, 0.29) is 0 Å². The molecular weight excluding hydrogens is 242 g/mol. The molecule has 0 amide bonds. The van der Waals surface area contributed by atoms with E-state index in [0.717, 1.165) is 15.2 Å². The number of rotatable bonds is 1. The van der Waals surface area contributed by atoms with Gasteiger partial charge in [0.2, 0.25) is 0 Å². The summed E-state index contributed by atoms with van der Waals surface area (Å²) in [5.74, 6) is 0. The third-order valence-electron chi connectivity index (χ3n) is 2.13. The van der Waals surface area contributed by atoms with Crippen molar-refractivity contribution in [2.45, 2.75) is 13.0 Å². The van der Waals surface area contributed by atoms with Gasteiger partial charge in [-0.25, -0.2) is 0 Å². The quantitative estimate of drug-likeness (QED) is 0.846. The molecule has 0 aliphatic carbocycles. The summed E-state index contributed by atoms with van der Waals surface area (Å²) in [7, 11) is 0. The second-order valence-electron chi connectivity index (χ2n) is 3.28. The number of aliphatic hydroxyl groups excluding tert-OH is 1. The highest BCUT2D eigenvalue weighted by atomic mass is 79.9. The zero-order valence-corrected chi connectivity index (χ0v) is 9.32. The standard InChI is InChI=1S/C11H10BrNO/c1-7(14)11-5-9-4-10(12)3-2-8(9)6-13-11/h2-7,14H,1H3/t7-/m0/s1. The topological polar surface area (TPSA) is 33.1 Å². The van der Waals surface area contributed by atoms with Crippen molar-refractivity contribution in [3.8, 4) is 0 Å². The van der Waals surface area contributed by atoms with Crippen LogP contribution in [0.4, 0.5) is 0 Å². The Hall–Kier alpha value is -0.930. The lowest BCUT2D eigenvalue weighted by Gasteiger charge is -2.05. The fourth-order valence-corrected chi connectivity index (χ4v) is 1.74. The number of benzene rings is 1. The molecule has 0 saturated heterocycles. The molecule has 1 atom stereocenters. The van der Waals surface area contributed by atoms with Crippen LogP contribution in [0.15, 0.2) is 34.9 Å². The summed E-state index contributed by atoms with van der Waals surface area (Å²) >= 11 is 3.41. The average molecular weight is 252 g/mol. The number of aromatic nitrogens is 1. The van der Waals surface area contributed by atoms with Gasteiger partial charge in [0.25, 0.3) is 0 Å². The molecule has 0 aliphatic heterocycles. The second-order valence-corrected chi connectivity index (χ2v) is 4.19. The Bertz CT molecular complexity index is 468. The summed E-state index contributed by atoms with van der Waals surface area (Å²) < 4.78 is 1.03. The van der Waals surface area contributed by atoms with Gasteiger partial charge in [-0.1, -0.05) is 22.0 Å².